The molecule has 1 aliphatic carbocycles. The van der Waals surface area contributed by atoms with Crippen LogP contribution < -0.4 is 5.32 Å². The fourth-order valence-corrected chi connectivity index (χ4v) is 1.51. The maximum absolute atomic E-state index is 11.3. The number of carbonyl (C=O) groups is 2. The molecule has 0 aliphatic heterocycles. The molecular formula is C10H17NO5. The predicted molar refractivity (Wildman–Crippen MR) is 55.0 cm³/mol. The highest BCUT2D eigenvalue weighted by atomic mass is 16.6. The first-order valence-electron chi connectivity index (χ1n) is 5.08. The topological polar surface area (TPSA) is 95.9 Å². The van der Waals surface area contributed by atoms with E-state index >= 15 is 0 Å². The zero-order valence-corrected chi connectivity index (χ0v) is 9.61. The fourth-order valence-electron chi connectivity index (χ4n) is 1.51. The van der Waals surface area contributed by atoms with Crippen molar-refractivity contribution in [3.05, 3.63) is 0 Å². The fraction of sp³-hybridized carbons (Fsp3) is 0.800. The molecule has 0 bridgehead atoms. The molecule has 0 heterocycles. The maximum Gasteiger partial charge on any atom is 0.407 e. The van der Waals surface area contributed by atoms with E-state index in [9.17, 15) is 14.7 Å². The molecule has 0 unspecified atom stereocenters. The standard InChI is InChI=1S/C10H17NO5/c1-9(2,3)16-8(14)11-6-4-10(15,5-6)7(12)13/h6,15H,4-5H2,1-3H3,(H,11,14)(H,12,13). The smallest absolute Gasteiger partial charge is 0.407 e. The van der Waals surface area contributed by atoms with Crippen molar-refractivity contribution >= 4 is 12.1 Å². The van der Waals surface area contributed by atoms with Gasteiger partial charge in [0.05, 0.1) is 0 Å². The molecule has 1 fully saturated rings. The number of amides is 1. The Morgan fingerprint density at radius 3 is 2.25 bits per heavy atom. The van der Waals surface area contributed by atoms with Crippen LogP contribution in [0.1, 0.15) is 33.6 Å². The van der Waals surface area contributed by atoms with Gasteiger partial charge in [-0.15, -0.1) is 0 Å². The molecule has 6 nitrogen and oxygen atoms in total. The molecule has 3 N–H and O–H groups in total. The minimum Gasteiger partial charge on any atom is -0.479 e. The Bertz CT molecular complexity index is 301. The van der Waals surface area contributed by atoms with Gasteiger partial charge in [-0.25, -0.2) is 9.59 Å². The molecule has 1 saturated carbocycles. The van der Waals surface area contributed by atoms with Crippen LogP contribution in [-0.4, -0.2) is 39.5 Å². The van der Waals surface area contributed by atoms with Crippen LogP contribution in [0.25, 0.3) is 0 Å². The van der Waals surface area contributed by atoms with Crippen molar-refractivity contribution in [2.45, 2.75) is 50.9 Å². The number of hydrogen-bond acceptors (Lipinski definition) is 4. The van der Waals surface area contributed by atoms with Gasteiger partial charge in [-0.2, -0.15) is 0 Å². The molecule has 6 heteroatoms. The lowest BCUT2D eigenvalue weighted by Crippen LogP contribution is -2.59. The third-order valence-corrected chi connectivity index (χ3v) is 2.29. The molecular weight excluding hydrogens is 214 g/mol. The Labute approximate surface area is 93.6 Å². The summed E-state index contributed by atoms with van der Waals surface area (Å²) in [6, 6.07) is -0.337. The van der Waals surface area contributed by atoms with Crippen LogP contribution in [-0.2, 0) is 9.53 Å². The lowest BCUT2D eigenvalue weighted by atomic mass is 9.76. The van der Waals surface area contributed by atoms with E-state index in [1.54, 1.807) is 20.8 Å². The number of carboxylic acid groups (broad SMARTS) is 1. The molecule has 0 saturated heterocycles. The normalized spacial score (nSPS) is 29.1. The average molecular weight is 231 g/mol. The van der Waals surface area contributed by atoms with Gasteiger partial charge in [0.1, 0.15) is 5.60 Å². The van der Waals surface area contributed by atoms with E-state index in [4.69, 9.17) is 9.84 Å². The summed E-state index contributed by atoms with van der Waals surface area (Å²) in [6.07, 6.45) is -0.562. The highest BCUT2D eigenvalue weighted by Crippen LogP contribution is 2.32. The van der Waals surface area contributed by atoms with Crippen molar-refractivity contribution in [1.82, 2.24) is 5.32 Å². The van der Waals surface area contributed by atoms with Gasteiger partial charge in [-0.05, 0) is 20.8 Å². The number of ether oxygens (including phenoxy) is 1. The molecule has 0 aromatic carbocycles. The lowest BCUT2D eigenvalue weighted by molar-refractivity contribution is -0.170. The number of aliphatic carboxylic acids is 1. The molecule has 0 radical (unpaired) electrons. The number of carboxylic acids is 1. The number of hydrogen-bond donors (Lipinski definition) is 3. The molecule has 0 spiro atoms. The number of alkyl carbamates (subject to hydrolysis) is 1. The molecule has 0 aromatic rings. The molecule has 16 heavy (non-hydrogen) atoms. The molecule has 1 aliphatic rings. The third-order valence-electron chi connectivity index (χ3n) is 2.29. The van der Waals surface area contributed by atoms with Crippen LogP contribution in [0.3, 0.4) is 0 Å². The number of aliphatic hydroxyl groups is 1. The van der Waals surface area contributed by atoms with E-state index in [1.165, 1.54) is 0 Å². The van der Waals surface area contributed by atoms with E-state index in [1.807, 2.05) is 0 Å². The van der Waals surface area contributed by atoms with Crippen LogP contribution in [0.15, 0.2) is 0 Å². The highest BCUT2D eigenvalue weighted by molar-refractivity contribution is 5.79. The number of nitrogens with one attached hydrogen (secondary N) is 1. The van der Waals surface area contributed by atoms with Crippen molar-refractivity contribution < 1.29 is 24.5 Å². The van der Waals surface area contributed by atoms with Crippen molar-refractivity contribution in [2.75, 3.05) is 0 Å². The van der Waals surface area contributed by atoms with E-state index in [0.717, 1.165) is 0 Å². The van der Waals surface area contributed by atoms with Gasteiger partial charge in [0.25, 0.3) is 0 Å². The van der Waals surface area contributed by atoms with Crippen LogP contribution in [0.4, 0.5) is 4.79 Å². The monoisotopic (exact) mass is 231 g/mol. The Morgan fingerprint density at radius 1 is 1.38 bits per heavy atom. The van der Waals surface area contributed by atoms with Gasteiger partial charge in [-0.3, -0.25) is 0 Å². The number of carbonyl (C=O) groups excluding carboxylic acids is 1. The minimum absolute atomic E-state index is 0.0155. The Kier molecular flexibility index (Phi) is 3.14. The first kappa shape index (κ1) is 12.8. The first-order valence-corrected chi connectivity index (χ1v) is 5.08. The summed E-state index contributed by atoms with van der Waals surface area (Å²) in [5.74, 6) is -1.25. The van der Waals surface area contributed by atoms with Gasteiger partial charge in [-0.1, -0.05) is 0 Å². The second kappa shape index (κ2) is 3.93. The van der Waals surface area contributed by atoms with Crippen LogP contribution >= 0.6 is 0 Å². The van der Waals surface area contributed by atoms with E-state index < -0.39 is 23.3 Å². The van der Waals surface area contributed by atoms with E-state index in [0.29, 0.717) is 0 Å². The first-order chi connectivity index (χ1) is 7.12. The second-order valence-corrected chi connectivity index (χ2v) is 5.09. The van der Waals surface area contributed by atoms with Gasteiger partial charge in [0.15, 0.2) is 5.60 Å². The SMILES string of the molecule is CC(C)(C)OC(=O)NC1CC(O)(C(=O)O)C1. The molecule has 1 rings (SSSR count). The van der Waals surface area contributed by atoms with Crippen LogP contribution in [0.5, 0.6) is 0 Å². The van der Waals surface area contributed by atoms with E-state index in [2.05, 4.69) is 5.32 Å². The van der Waals surface area contributed by atoms with Crippen LogP contribution in [0, 0.1) is 0 Å². The molecule has 92 valence electrons. The lowest BCUT2D eigenvalue weighted by Gasteiger charge is -2.40. The van der Waals surface area contributed by atoms with Crippen LogP contribution in [0.2, 0.25) is 0 Å². The summed E-state index contributed by atoms with van der Waals surface area (Å²) in [7, 11) is 0. The van der Waals surface area contributed by atoms with Crippen molar-refractivity contribution in [2.24, 2.45) is 0 Å². The van der Waals surface area contributed by atoms with Crippen molar-refractivity contribution in [3.63, 3.8) is 0 Å². The molecule has 0 atom stereocenters. The molecule has 1 amide bonds. The quantitative estimate of drug-likeness (QED) is 0.642. The summed E-state index contributed by atoms with van der Waals surface area (Å²) in [5.41, 5.74) is -2.28. The minimum atomic E-state index is -1.69. The van der Waals surface area contributed by atoms with Crippen molar-refractivity contribution in [3.8, 4) is 0 Å². The summed E-state index contributed by atoms with van der Waals surface area (Å²) in [6.45, 7) is 5.21. The van der Waals surface area contributed by atoms with E-state index in [-0.39, 0.29) is 18.9 Å². The molecule has 0 aromatic heterocycles. The average Bonchev–Trinajstić information content (AvgIpc) is 1.96. The highest BCUT2D eigenvalue weighted by Gasteiger charge is 2.49. The summed E-state index contributed by atoms with van der Waals surface area (Å²) >= 11 is 0. The summed E-state index contributed by atoms with van der Waals surface area (Å²) in [4.78, 5) is 21.8. The summed E-state index contributed by atoms with van der Waals surface area (Å²) in [5, 5.41) is 20.5. The van der Waals surface area contributed by atoms with Crippen molar-refractivity contribution in [1.29, 1.82) is 0 Å². The Balaban J connectivity index is 2.33. The second-order valence-electron chi connectivity index (χ2n) is 5.09. The van der Waals surface area contributed by atoms with Gasteiger partial charge in [0, 0.05) is 18.9 Å². The van der Waals surface area contributed by atoms with Gasteiger partial charge in [0.2, 0.25) is 0 Å². The number of rotatable bonds is 2. The predicted octanol–water partition coefficient (Wildman–Crippen LogP) is 0.489. The largest absolute Gasteiger partial charge is 0.479 e. The zero-order valence-electron chi connectivity index (χ0n) is 9.61. The third kappa shape index (κ3) is 3.10. The Hall–Kier alpha value is -1.30. The summed E-state index contributed by atoms with van der Waals surface area (Å²) < 4.78 is 4.99. The zero-order chi connectivity index (χ0) is 12.6. The Morgan fingerprint density at radius 2 is 1.88 bits per heavy atom. The van der Waals surface area contributed by atoms with Gasteiger partial charge >= 0.3 is 12.1 Å². The van der Waals surface area contributed by atoms with Gasteiger partial charge < -0.3 is 20.3 Å². The maximum atomic E-state index is 11.3.